The molecule has 1 aromatic heterocycles. The highest BCUT2D eigenvalue weighted by Crippen LogP contribution is 2.19. The van der Waals surface area contributed by atoms with Crippen molar-refractivity contribution in [2.45, 2.75) is 26.4 Å². The summed E-state index contributed by atoms with van der Waals surface area (Å²) in [6.07, 6.45) is 2.42. The van der Waals surface area contributed by atoms with Crippen LogP contribution in [-0.2, 0) is 6.42 Å². The molecule has 0 bridgehead atoms. The Kier molecular flexibility index (Phi) is 2.40. The summed E-state index contributed by atoms with van der Waals surface area (Å²) in [5.74, 6) is 0. The normalized spacial score (nSPS) is 13.5. The van der Waals surface area contributed by atoms with Gasteiger partial charge in [0, 0.05) is 11.1 Å². The Bertz CT molecular complexity index is 207. The Morgan fingerprint density at radius 3 is 2.80 bits per heavy atom. The lowest BCUT2D eigenvalue weighted by molar-refractivity contribution is 0.199. The number of aliphatic hydroxyl groups excluding tert-OH is 1. The minimum atomic E-state index is -0.412. The Morgan fingerprint density at radius 2 is 2.50 bits per heavy atom. The number of thiazole rings is 1. The zero-order chi connectivity index (χ0) is 7.56. The maximum absolute atomic E-state index is 9.08. The molecule has 0 aliphatic heterocycles. The minimum absolute atomic E-state index is 0.412. The fraction of sp³-hybridized carbons (Fsp3) is 0.571. The molecule has 1 heterocycles. The molecule has 1 aromatic rings. The molecule has 0 aliphatic carbocycles. The molecule has 10 heavy (non-hydrogen) atoms. The van der Waals surface area contributed by atoms with Crippen molar-refractivity contribution < 1.29 is 5.11 Å². The van der Waals surface area contributed by atoms with Crippen LogP contribution in [0.1, 0.15) is 29.8 Å². The van der Waals surface area contributed by atoms with Crippen molar-refractivity contribution >= 4 is 11.3 Å². The predicted molar refractivity (Wildman–Crippen MR) is 42.1 cm³/mol. The van der Waals surface area contributed by atoms with E-state index in [0.29, 0.717) is 0 Å². The summed E-state index contributed by atoms with van der Waals surface area (Å²) in [5, 5.41) is 9.90. The van der Waals surface area contributed by atoms with E-state index in [4.69, 9.17) is 5.11 Å². The highest BCUT2D eigenvalue weighted by Gasteiger charge is 2.04. The van der Waals surface area contributed by atoms with Crippen molar-refractivity contribution in [2.75, 3.05) is 0 Å². The molecule has 1 N–H and O–H groups in total. The second-order valence-electron chi connectivity index (χ2n) is 2.19. The fourth-order valence-corrected chi connectivity index (χ4v) is 1.47. The van der Waals surface area contributed by atoms with Gasteiger partial charge in [0.1, 0.15) is 11.1 Å². The molecule has 0 aliphatic rings. The molecule has 1 unspecified atom stereocenters. The van der Waals surface area contributed by atoms with Gasteiger partial charge in [-0.3, -0.25) is 0 Å². The molecule has 1 atom stereocenters. The first-order valence-electron chi connectivity index (χ1n) is 3.36. The molecule has 0 fully saturated rings. The minimum Gasteiger partial charge on any atom is -0.386 e. The molecule has 0 amide bonds. The number of aromatic nitrogens is 1. The highest BCUT2D eigenvalue weighted by molar-refractivity contribution is 7.11. The van der Waals surface area contributed by atoms with Gasteiger partial charge in [0.05, 0.1) is 0 Å². The van der Waals surface area contributed by atoms with E-state index in [1.54, 1.807) is 18.3 Å². The van der Waals surface area contributed by atoms with Crippen molar-refractivity contribution in [1.82, 2.24) is 4.98 Å². The molecular formula is C7H11NOS. The second kappa shape index (κ2) is 3.12. The number of nitrogens with zero attached hydrogens (tertiary/aromatic N) is 1. The van der Waals surface area contributed by atoms with E-state index in [0.717, 1.165) is 11.4 Å². The highest BCUT2D eigenvalue weighted by atomic mass is 32.1. The predicted octanol–water partition coefficient (Wildman–Crippen LogP) is 1.76. The molecular weight excluding hydrogens is 146 g/mol. The summed E-state index contributed by atoms with van der Waals surface area (Å²) in [5.41, 5.74) is 0. The van der Waals surface area contributed by atoms with E-state index < -0.39 is 6.10 Å². The third kappa shape index (κ3) is 1.55. The smallest absolute Gasteiger partial charge is 0.121 e. The summed E-state index contributed by atoms with van der Waals surface area (Å²) in [7, 11) is 0. The zero-order valence-electron chi connectivity index (χ0n) is 6.16. The van der Waals surface area contributed by atoms with Crippen LogP contribution >= 0.6 is 11.3 Å². The number of rotatable bonds is 2. The Balaban J connectivity index is 2.78. The summed E-state index contributed by atoms with van der Waals surface area (Å²) in [6.45, 7) is 3.82. The maximum Gasteiger partial charge on any atom is 0.121 e. The largest absolute Gasteiger partial charge is 0.386 e. The fourth-order valence-electron chi connectivity index (χ4n) is 0.679. The second-order valence-corrected chi connectivity index (χ2v) is 3.34. The molecule has 3 heteroatoms. The lowest BCUT2D eigenvalue weighted by Gasteiger charge is -1.94. The summed E-state index contributed by atoms with van der Waals surface area (Å²) in [6, 6.07) is 0. The standard InChI is InChI=1S/C7H11NOS/c1-3-6-4-8-7(10-6)5(2)9/h4-5,9H,3H2,1-2H3. The van der Waals surface area contributed by atoms with Crippen molar-refractivity contribution in [3.05, 3.63) is 16.1 Å². The van der Waals surface area contributed by atoms with Gasteiger partial charge < -0.3 is 5.11 Å². The molecule has 0 radical (unpaired) electrons. The van der Waals surface area contributed by atoms with Crippen LogP contribution in [0.25, 0.3) is 0 Å². The van der Waals surface area contributed by atoms with Crippen LogP contribution in [0.5, 0.6) is 0 Å². The van der Waals surface area contributed by atoms with Crippen LogP contribution in [-0.4, -0.2) is 10.1 Å². The lowest BCUT2D eigenvalue weighted by Crippen LogP contribution is -1.86. The van der Waals surface area contributed by atoms with Crippen molar-refractivity contribution in [3.63, 3.8) is 0 Å². The van der Waals surface area contributed by atoms with Gasteiger partial charge in [0.15, 0.2) is 0 Å². The third-order valence-corrected chi connectivity index (χ3v) is 2.59. The average Bonchev–Trinajstić information content (AvgIpc) is 2.34. The van der Waals surface area contributed by atoms with Crippen molar-refractivity contribution in [3.8, 4) is 0 Å². The Morgan fingerprint density at radius 1 is 1.80 bits per heavy atom. The van der Waals surface area contributed by atoms with Gasteiger partial charge in [0.25, 0.3) is 0 Å². The van der Waals surface area contributed by atoms with Gasteiger partial charge >= 0.3 is 0 Å². The first kappa shape index (κ1) is 7.69. The van der Waals surface area contributed by atoms with E-state index in [1.807, 2.05) is 6.20 Å². The van der Waals surface area contributed by atoms with Crippen LogP contribution in [0.2, 0.25) is 0 Å². The van der Waals surface area contributed by atoms with Crippen LogP contribution in [0, 0.1) is 0 Å². The van der Waals surface area contributed by atoms with Gasteiger partial charge in [0.2, 0.25) is 0 Å². The van der Waals surface area contributed by atoms with E-state index >= 15 is 0 Å². The van der Waals surface area contributed by atoms with E-state index in [9.17, 15) is 0 Å². The summed E-state index contributed by atoms with van der Waals surface area (Å²) in [4.78, 5) is 5.29. The molecule has 0 saturated carbocycles. The zero-order valence-corrected chi connectivity index (χ0v) is 6.98. The van der Waals surface area contributed by atoms with E-state index in [2.05, 4.69) is 11.9 Å². The van der Waals surface area contributed by atoms with Crippen LogP contribution in [0.4, 0.5) is 0 Å². The Labute approximate surface area is 64.5 Å². The first-order valence-corrected chi connectivity index (χ1v) is 4.18. The quantitative estimate of drug-likeness (QED) is 0.709. The molecule has 0 aromatic carbocycles. The van der Waals surface area contributed by atoms with Crippen LogP contribution < -0.4 is 0 Å². The number of hydrogen-bond acceptors (Lipinski definition) is 3. The Hall–Kier alpha value is -0.410. The van der Waals surface area contributed by atoms with E-state index in [1.165, 1.54) is 4.88 Å². The maximum atomic E-state index is 9.08. The van der Waals surface area contributed by atoms with Crippen LogP contribution in [0.15, 0.2) is 6.20 Å². The van der Waals surface area contributed by atoms with Gasteiger partial charge in [-0.05, 0) is 13.3 Å². The average molecular weight is 157 g/mol. The number of hydrogen-bond donors (Lipinski definition) is 1. The monoisotopic (exact) mass is 157 g/mol. The van der Waals surface area contributed by atoms with Crippen molar-refractivity contribution in [2.24, 2.45) is 0 Å². The first-order chi connectivity index (χ1) is 4.74. The van der Waals surface area contributed by atoms with Crippen LogP contribution in [0.3, 0.4) is 0 Å². The molecule has 0 spiro atoms. The topological polar surface area (TPSA) is 33.1 Å². The lowest BCUT2D eigenvalue weighted by atomic mass is 10.4. The van der Waals surface area contributed by atoms with Gasteiger partial charge in [-0.1, -0.05) is 6.92 Å². The van der Waals surface area contributed by atoms with Gasteiger partial charge in [-0.25, -0.2) is 4.98 Å². The van der Waals surface area contributed by atoms with Crippen molar-refractivity contribution in [1.29, 1.82) is 0 Å². The molecule has 2 nitrogen and oxygen atoms in total. The van der Waals surface area contributed by atoms with Gasteiger partial charge in [-0.15, -0.1) is 11.3 Å². The van der Waals surface area contributed by atoms with E-state index in [-0.39, 0.29) is 0 Å². The van der Waals surface area contributed by atoms with Gasteiger partial charge in [-0.2, -0.15) is 0 Å². The summed E-state index contributed by atoms with van der Waals surface area (Å²) < 4.78 is 0. The number of aliphatic hydroxyl groups is 1. The summed E-state index contributed by atoms with van der Waals surface area (Å²) >= 11 is 1.58. The number of aryl methyl sites for hydroxylation is 1. The third-order valence-electron chi connectivity index (χ3n) is 1.28. The molecule has 1 rings (SSSR count). The molecule has 0 saturated heterocycles. The SMILES string of the molecule is CCc1cnc(C(C)O)s1. The molecule has 56 valence electrons.